The van der Waals surface area contributed by atoms with E-state index in [4.69, 9.17) is 0 Å². The molecular weight excluding hydrogens is 183 g/mol. The third kappa shape index (κ3) is 1.76. The zero-order valence-electron chi connectivity index (χ0n) is 7.68. The van der Waals surface area contributed by atoms with Crippen LogP contribution in [0, 0.1) is 12.7 Å². The molecule has 0 aliphatic carbocycles. The van der Waals surface area contributed by atoms with Crippen molar-refractivity contribution in [2.24, 2.45) is 0 Å². The van der Waals surface area contributed by atoms with Gasteiger partial charge in [0.2, 0.25) is 0 Å². The van der Waals surface area contributed by atoms with Crippen molar-refractivity contribution in [1.29, 1.82) is 0 Å². The minimum absolute atomic E-state index is 0.248. The molecule has 1 aromatic carbocycles. The van der Waals surface area contributed by atoms with Gasteiger partial charge in [0.1, 0.15) is 5.82 Å². The van der Waals surface area contributed by atoms with Gasteiger partial charge in [0.15, 0.2) is 5.82 Å². The van der Waals surface area contributed by atoms with E-state index >= 15 is 0 Å². The second-order valence-electron chi connectivity index (χ2n) is 2.96. The van der Waals surface area contributed by atoms with E-state index < -0.39 is 0 Å². The van der Waals surface area contributed by atoms with Crippen molar-refractivity contribution >= 4 is 0 Å². The lowest BCUT2D eigenvalue weighted by Crippen LogP contribution is -2.05. The van der Waals surface area contributed by atoms with Gasteiger partial charge in [0, 0.05) is 5.56 Å². The van der Waals surface area contributed by atoms with E-state index in [-0.39, 0.29) is 5.82 Å². The standard InChI is InChI=1S/C9H9FN4/c1-7-11-13-14(12-7)6-8-4-2-3-5-9(8)10/h2-5H,6H2,1H3. The fourth-order valence-electron chi connectivity index (χ4n) is 1.17. The highest BCUT2D eigenvalue weighted by Crippen LogP contribution is 2.06. The minimum Gasteiger partial charge on any atom is -0.207 e. The molecule has 0 saturated heterocycles. The second kappa shape index (κ2) is 3.53. The predicted octanol–water partition coefficient (Wildman–Crippen LogP) is 1.17. The van der Waals surface area contributed by atoms with Crippen molar-refractivity contribution in [1.82, 2.24) is 20.2 Å². The summed E-state index contributed by atoms with van der Waals surface area (Å²) in [6.45, 7) is 2.05. The smallest absolute Gasteiger partial charge is 0.171 e. The zero-order chi connectivity index (χ0) is 9.97. The predicted molar refractivity (Wildman–Crippen MR) is 48.1 cm³/mol. The Morgan fingerprint density at radius 1 is 1.36 bits per heavy atom. The average molecular weight is 192 g/mol. The molecule has 0 fully saturated rings. The van der Waals surface area contributed by atoms with E-state index in [1.807, 2.05) is 0 Å². The van der Waals surface area contributed by atoms with Gasteiger partial charge in [0.05, 0.1) is 6.54 Å². The van der Waals surface area contributed by atoms with Crippen LogP contribution in [0.4, 0.5) is 4.39 Å². The summed E-state index contributed by atoms with van der Waals surface area (Å²) in [7, 11) is 0. The third-order valence-electron chi connectivity index (χ3n) is 1.82. The largest absolute Gasteiger partial charge is 0.207 e. The maximum Gasteiger partial charge on any atom is 0.171 e. The topological polar surface area (TPSA) is 43.6 Å². The summed E-state index contributed by atoms with van der Waals surface area (Å²) in [4.78, 5) is 1.37. The first-order chi connectivity index (χ1) is 6.75. The monoisotopic (exact) mass is 192 g/mol. The van der Waals surface area contributed by atoms with Crippen LogP contribution < -0.4 is 0 Å². The molecule has 1 aromatic heterocycles. The molecule has 0 spiro atoms. The molecule has 5 heteroatoms. The van der Waals surface area contributed by atoms with Crippen molar-refractivity contribution in [3.8, 4) is 0 Å². The molecule has 0 bridgehead atoms. The van der Waals surface area contributed by atoms with E-state index in [1.165, 1.54) is 10.9 Å². The summed E-state index contributed by atoms with van der Waals surface area (Å²) in [5.74, 6) is 0.337. The van der Waals surface area contributed by atoms with Crippen molar-refractivity contribution in [3.05, 3.63) is 41.5 Å². The first-order valence-electron chi connectivity index (χ1n) is 4.23. The van der Waals surface area contributed by atoms with Gasteiger partial charge in [-0.25, -0.2) is 4.39 Å². The van der Waals surface area contributed by atoms with E-state index in [9.17, 15) is 4.39 Å². The van der Waals surface area contributed by atoms with Crippen LogP contribution in [-0.2, 0) is 6.54 Å². The van der Waals surface area contributed by atoms with Crippen LogP contribution in [-0.4, -0.2) is 20.2 Å². The minimum atomic E-state index is -0.248. The molecular formula is C9H9FN4. The lowest BCUT2D eigenvalue weighted by atomic mass is 10.2. The highest BCUT2D eigenvalue weighted by atomic mass is 19.1. The molecule has 0 N–H and O–H groups in total. The number of nitrogens with zero attached hydrogens (tertiary/aromatic N) is 4. The first kappa shape index (κ1) is 8.80. The van der Waals surface area contributed by atoms with Gasteiger partial charge in [0.25, 0.3) is 0 Å². The normalized spacial score (nSPS) is 10.4. The number of tetrazole rings is 1. The average Bonchev–Trinajstić information content (AvgIpc) is 2.56. The lowest BCUT2D eigenvalue weighted by Gasteiger charge is -2.00. The Bertz CT molecular complexity index is 438. The Morgan fingerprint density at radius 3 is 2.79 bits per heavy atom. The van der Waals surface area contributed by atoms with Gasteiger partial charge in [-0.2, -0.15) is 4.80 Å². The van der Waals surface area contributed by atoms with Gasteiger partial charge in [-0.3, -0.25) is 0 Å². The quantitative estimate of drug-likeness (QED) is 0.717. The first-order valence-corrected chi connectivity index (χ1v) is 4.23. The van der Waals surface area contributed by atoms with Crippen LogP contribution in [0.25, 0.3) is 0 Å². The summed E-state index contributed by atoms with van der Waals surface area (Å²) in [5, 5.41) is 11.4. The van der Waals surface area contributed by atoms with Crippen LogP contribution in [0.2, 0.25) is 0 Å². The number of aryl methyl sites for hydroxylation is 1. The van der Waals surface area contributed by atoms with Crippen LogP contribution >= 0.6 is 0 Å². The van der Waals surface area contributed by atoms with Gasteiger partial charge >= 0.3 is 0 Å². The summed E-state index contributed by atoms with van der Waals surface area (Å²) >= 11 is 0. The lowest BCUT2D eigenvalue weighted by molar-refractivity contribution is 0.538. The molecule has 0 amide bonds. The molecule has 0 atom stereocenters. The van der Waals surface area contributed by atoms with Crippen molar-refractivity contribution in [2.45, 2.75) is 13.5 Å². The molecule has 2 aromatic rings. The van der Waals surface area contributed by atoms with Crippen molar-refractivity contribution in [2.75, 3.05) is 0 Å². The Labute approximate surface area is 80.4 Å². The molecule has 0 aliphatic rings. The molecule has 0 saturated carbocycles. The van der Waals surface area contributed by atoms with E-state index in [0.29, 0.717) is 17.9 Å². The summed E-state index contributed by atoms with van der Waals surface area (Å²) in [5.41, 5.74) is 0.560. The van der Waals surface area contributed by atoms with Gasteiger partial charge < -0.3 is 0 Å². The number of rotatable bonds is 2. The highest BCUT2D eigenvalue weighted by Gasteiger charge is 2.03. The summed E-state index contributed by atoms with van der Waals surface area (Å²) in [6, 6.07) is 6.55. The molecule has 0 radical (unpaired) electrons. The molecule has 0 aliphatic heterocycles. The van der Waals surface area contributed by atoms with Crippen LogP contribution in [0.5, 0.6) is 0 Å². The van der Waals surface area contributed by atoms with Crippen LogP contribution in [0.3, 0.4) is 0 Å². The molecule has 1 heterocycles. The fourth-order valence-corrected chi connectivity index (χ4v) is 1.17. The maximum atomic E-state index is 13.2. The van der Waals surface area contributed by atoms with Gasteiger partial charge in [-0.1, -0.05) is 18.2 Å². The number of aromatic nitrogens is 4. The van der Waals surface area contributed by atoms with Gasteiger partial charge in [-0.15, -0.1) is 10.2 Å². The number of hydrogen-bond acceptors (Lipinski definition) is 3. The third-order valence-corrected chi connectivity index (χ3v) is 1.82. The highest BCUT2D eigenvalue weighted by molar-refractivity contribution is 5.16. The van der Waals surface area contributed by atoms with Crippen LogP contribution in [0.1, 0.15) is 11.4 Å². The van der Waals surface area contributed by atoms with E-state index in [2.05, 4.69) is 15.4 Å². The molecule has 0 unspecified atom stereocenters. The fraction of sp³-hybridized carbons (Fsp3) is 0.222. The zero-order valence-corrected chi connectivity index (χ0v) is 7.68. The Kier molecular flexibility index (Phi) is 2.22. The number of hydrogen-bond donors (Lipinski definition) is 0. The molecule has 14 heavy (non-hydrogen) atoms. The number of halogens is 1. The van der Waals surface area contributed by atoms with Crippen molar-refractivity contribution in [3.63, 3.8) is 0 Å². The molecule has 2 rings (SSSR count). The number of benzene rings is 1. The Hall–Kier alpha value is -1.78. The van der Waals surface area contributed by atoms with Crippen molar-refractivity contribution < 1.29 is 4.39 Å². The maximum absolute atomic E-state index is 13.2. The molecule has 4 nitrogen and oxygen atoms in total. The van der Waals surface area contributed by atoms with E-state index in [0.717, 1.165) is 0 Å². The Morgan fingerprint density at radius 2 is 2.14 bits per heavy atom. The van der Waals surface area contributed by atoms with Gasteiger partial charge in [-0.05, 0) is 18.2 Å². The summed E-state index contributed by atoms with van der Waals surface area (Å²) < 4.78 is 13.2. The van der Waals surface area contributed by atoms with E-state index in [1.54, 1.807) is 25.1 Å². The SMILES string of the molecule is Cc1nnn(Cc2ccccc2F)n1. The second-order valence-corrected chi connectivity index (χ2v) is 2.96. The Balaban J connectivity index is 2.23. The molecule has 72 valence electrons. The van der Waals surface area contributed by atoms with Crippen LogP contribution in [0.15, 0.2) is 24.3 Å². The summed E-state index contributed by atoms with van der Waals surface area (Å²) in [6.07, 6.45) is 0.